The molecule has 28 heavy (non-hydrogen) atoms. The number of nitrogens with one attached hydrogen (secondary N) is 1. The van der Waals surface area contributed by atoms with Crippen molar-refractivity contribution in [2.75, 3.05) is 46.3 Å². The summed E-state index contributed by atoms with van der Waals surface area (Å²) in [5.74, 6) is 1.48. The van der Waals surface area contributed by atoms with Crippen LogP contribution in [0.2, 0.25) is 0 Å². The van der Waals surface area contributed by atoms with Crippen LogP contribution in [0.25, 0.3) is 0 Å². The molecule has 164 valence electrons. The summed E-state index contributed by atoms with van der Waals surface area (Å²) in [4.78, 5) is 5.21. The molecule has 3 N–H and O–H groups in total. The quantitative estimate of drug-likeness (QED) is 0.414. The summed E-state index contributed by atoms with van der Waals surface area (Å²) in [7, 11) is 2.25. The minimum absolute atomic E-state index is 0.340. The van der Waals surface area contributed by atoms with Gasteiger partial charge in [0.2, 0.25) is 0 Å². The minimum Gasteiger partial charge on any atom is -0.326 e. The van der Waals surface area contributed by atoms with Crippen LogP contribution in [0.4, 0.5) is 0 Å². The Labute approximate surface area is 175 Å². The van der Waals surface area contributed by atoms with Crippen LogP contribution < -0.4 is 11.1 Å². The molecule has 4 nitrogen and oxygen atoms in total. The number of unbranched alkanes of at least 4 members (excludes halogenated alkanes) is 2. The molecule has 0 aromatic carbocycles. The van der Waals surface area contributed by atoms with E-state index in [4.69, 9.17) is 5.73 Å². The summed E-state index contributed by atoms with van der Waals surface area (Å²) in [6.45, 7) is 14.0. The number of hydrogen-bond donors (Lipinski definition) is 2. The summed E-state index contributed by atoms with van der Waals surface area (Å²) < 4.78 is 0. The Hall–Kier alpha value is -0.420. The normalized spacial score (nSPS) is 27.7. The lowest BCUT2D eigenvalue weighted by molar-refractivity contribution is 0.116. The number of allylic oxidation sites excluding steroid dienone is 1. The molecule has 2 aliphatic rings. The number of piperazine rings is 1. The molecule has 0 aromatic heterocycles. The number of nitrogens with zero attached hydrogens (tertiary/aromatic N) is 2. The van der Waals surface area contributed by atoms with Gasteiger partial charge < -0.3 is 16.0 Å². The molecule has 2 aliphatic heterocycles. The van der Waals surface area contributed by atoms with Gasteiger partial charge in [-0.25, -0.2) is 0 Å². The van der Waals surface area contributed by atoms with Gasteiger partial charge in [0.05, 0.1) is 0 Å². The third-order valence-electron chi connectivity index (χ3n) is 7.21. The van der Waals surface area contributed by atoms with Crippen LogP contribution in [0.1, 0.15) is 72.1 Å². The molecule has 4 unspecified atom stereocenters. The standard InChI is InChI=1S/C24H48N4/c1-5-7-8-9-20(3)18-22(28-16-14-27(4)15-17-28)11-10-21(6-2)23-12-13-26-19-24(23)25/h18,21-24,26H,5-17,19,25H2,1-4H3. The smallest absolute Gasteiger partial charge is 0.0281 e. The van der Waals surface area contributed by atoms with Gasteiger partial charge >= 0.3 is 0 Å². The Morgan fingerprint density at radius 1 is 1.14 bits per heavy atom. The molecule has 4 heteroatoms. The van der Waals surface area contributed by atoms with Crippen LogP contribution in [-0.4, -0.2) is 68.2 Å². The van der Waals surface area contributed by atoms with Crippen molar-refractivity contribution in [1.82, 2.24) is 15.1 Å². The molecule has 0 saturated carbocycles. The van der Waals surface area contributed by atoms with Crippen LogP contribution in [0.3, 0.4) is 0 Å². The lowest BCUT2D eigenvalue weighted by Crippen LogP contribution is -2.50. The second kappa shape index (κ2) is 13.0. The van der Waals surface area contributed by atoms with E-state index < -0.39 is 0 Å². The third kappa shape index (κ3) is 7.78. The van der Waals surface area contributed by atoms with Gasteiger partial charge in [-0.15, -0.1) is 0 Å². The van der Waals surface area contributed by atoms with E-state index in [2.05, 4.69) is 49.0 Å². The maximum absolute atomic E-state index is 6.48. The predicted octanol–water partition coefficient (Wildman–Crippen LogP) is 3.87. The summed E-state index contributed by atoms with van der Waals surface area (Å²) in [6, 6.07) is 0.953. The number of hydrogen-bond acceptors (Lipinski definition) is 4. The van der Waals surface area contributed by atoms with E-state index in [-0.39, 0.29) is 0 Å². The Kier molecular flexibility index (Phi) is 11.1. The molecular weight excluding hydrogens is 344 g/mol. The second-order valence-corrected chi connectivity index (χ2v) is 9.44. The van der Waals surface area contributed by atoms with E-state index >= 15 is 0 Å². The minimum atomic E-state index is 0.340. The Morgan fingerprint density at radius 3 is 2.54 bits per heavy atom. The molecular formula is C24H48N4. The van der Waals surface area contributed by atoms with Crippen molar-refractivity contribution < 1.29 is 0 Å². The van der Waals surface area contributed by atoms with E-state index in [1.807, 2.05) is 0 Å². The van der Waals surface area contributed by atoms with Crippen molar-refractivity contribution in [3.8, 4) is 0 Å². The third-order valence-corrected chi connectivity index (χ3v) is 7.21. The van der Waals surface area contributed by atoms with Crippen molar-refractivity contribution in [2.45, 2.75) is 84.2 Å². The first kappa shape index (κ1) is 23.9. The Morgan fingerprint density at radius 2 is 1.89 bits per heavy atom. The fourth-order valence-corrected chi connectivity index (χ4v) is 5.18. The molecule has 0 spiro atoms. The molecule has 0 amide bonds. The molecule has 0 aliphatic carbocycles. The molecule has 4 atom stereocenters. The number of piperidine rings is 1. The molecule has 2 heterocycles. The first-order valence-electron chi connectivity index (χ1n) is 12.1. The van der Waals surface area contributed by atoms with Crippen LogP contribution in [0.15, 0.2) is 11.6 Å². The molecule has 2 saturated heterocycles. The first-order chi connectivity index (χ1) is 13.5. The highest BCUT2D eigenvalue weighted by Gasteiger charge is 2.29. The maximum Gasteiger partial charge on any atom is 0.0281 e. The van der Waals surface area contributed by atoms with E-state index in [9.17, 15) is 0 Å². The summed E-state index contributed by atoms with van der Waals surface area (Å²) >= 11 is 0. The first-order valence-corrected chi connectivity index (χ1v) is 12.1. The van der Waals surface area contributed by atoms with Crippen LogP contribution in [0, 0.1) is 11.8 Å². The molecule has 2 fully saturated rings. The Balaban J connectivity index is 1.98. The van der Waals surface area contributed by atoms with Gasteiger partial charge in [0.25, 0.3) is 0 Å². The average Bonchev–Trinajstić information content (AvgIpc) is 2.69. The summed E-state index contributed by atoms with van der Waals surface area (Å²) in [5, 5.41) is 3.47. The zero-order chi connectivity index (χ0) is 20.4. The van der Waals surface area contributed by atoms with E-state index in [0.717, 1.165) is 19.0 Å². The highest BCUT2D eigenvalue weighted by molar-refractivity contribution is 5.05. The molecule has 0 bridgehead atoms. The summed E-state index contributed by atoms with van der Waals surface area (Å²) in [5.41, 5.74) is 8.08. The van der Waals surface area contributed by atoms with Crippen molar-refractivity contribution in [2.24, 2.45) is 17.6 Å². The van der Waals surface area contributed by atoms with Crippen molar-refractivity contribution in [3.63, 3.8) is 0 Å². The average molecular weight is 393 g/mol. The summed E-state index contributed by atoms with van der Waals surface area (Å²) in [6.07, 6.45) is 13.0. The van der Waals surface area contributed by atoms with Crippen molar-refractivity contribution in [3.05, 3.63) is 11.6 Å². The van der Waals surface area contributed by atoms with Gasteiger partial charge in [-0.05, 0) is 64.5 Å². The Bertz CT molecular complexity index is 442. The van der Waals surface area contributed by atoms with E-state index in [0.29, 0.717) is 18.0 Å². The maximum atomic E-state index is 6.48. The monoisotopic (exact) mass is 392 g/mol. The fraction of sp³-hybridized carbons (Fsp3) is 0.917. The van der Waals surface area contributed by atoms with Gasteiger partial charge in [-0.2, -0.15) is 0 Å². The van der Waals surface area contributed by atoms with Gasteiger partial charge in [-0.1, -0.05) is 44.8 Å². The number of rotatable bonds is 11. The van der Waals surface area contributed by atoms with Crippen LogP contribution >= 0.6 is 0 Å². The number of nitrogens with two attached hydrogens (primary N) is 1. The van der Waals surface area contributed by atoms with Crippen LogP contribution in [-0.2, 0) is 0 Å². The highest BCUT2D eigenvalue weighted by Crippen LogP contribution is 2.30. The van der Waals surface area contributed by atoms with Crippen LogP contribution in [0.5, 0.6) is 0 Å². The lowest BCUT2D eigenvalue weighted by atomic mass is 9.77. The van der Waals surface area contributed by atoms with Gasteiger partial charge in [0.1, 0.15) is 0 Å². The van der Waals surface area contributed by atoms with Gasteiger partial charge in [-0.3, -0.25) is 4.90 Å². The predicted molar refractivity (Wildman–Crippen MR) is 123 cm³/mol. The van der Waals surface area contributed by atoms with Gasteiger partial charge in [0.15, 0.2) is 0 Å². The SMILES string of the molecule is CCCCCC(C)=CC(CCC(CC)C1CCNCC1N)N1CCN(C)CC1. The molecule has 2 rings (SSSR count). The highest BCUT2D eigenvalue weighted by atomic mass is 15.3. The molecule has 0 radical (unpaired) electrons. The number of likely N-dealkylation sites (N-methyl/N-ethyl adjacent to an activating group) is 1. The van der Waals surface area contributed by atoms with Crippen molar-refractivity contribution >= 4 is 0 Å². The largest absolute Gasteiger partial charge is 0.326 e. The topological polar surface area (TPSA) is 44.5 Å². The van der Waals surface area contributed by atoms with E-state index in [1.54, 1.807) is 5.57 Å². The zero-order valence-corrected chi connectivity index (χ0v) is 19.3. The molecule has 0 aromatic rings. The van der Waals surface area contributed by atoms with E-state index in [1.165, 1.54) is 77.5 Å². The zero-order valence-electron chi connectivity index (χ0n) is 19.3. The second-order valence-electron chi connectivity index (χ2n) is 9.44. The van der Waals surface area contributed by atoms with Crippen molar-refractivity contribution in [1.29, 1.82) is 0 Å². The fourth-order valence-electron chi connectivity index (χ4n) is 5.18. The lowest BCUT2D eigenvalue weighted by Gasteiger charge is -2.39. The van der Waals surface area contributed by atoms with Gasteiger partial charge in [0, 0.05) is 44.8 Å².